The fourth-order valence-corrected chi connectivity index (χ4v) is 2.66. The predicted octanol–water partition coefficient (Wildman–Crippen LogP) is 2.48. The van der Waals surface area contributed by atoms with Crippen LogP contribution in [-0.2, 0) is 6.42 Å². The molecule has 0 spiro atoms. The molecule has 0 unspecified atom stereocenters. The zero-order valence-corrected chi connectivity index (χ0v) is 13.6. The van der Waals surface area contributed by atoms with Crippen molar-refractivity contribution in [3.63, 3.8) is 0 Å². The molecule has 6 nitrogen and oxygen atoms in total. The van der Waals surface area contributed by atoms with E-state index < -0.39 is 0 Å². The summed E-state index contributed by atoms with van der Waals surface area (Å²) < 4.78 is 0. The topological polar surface area (TPSA) is 66.0 Å². The zero-order chi connectivity index (χ0) is 15.1. The van der Waals surface area contributed by atoms with E-state index in [0.717, 1.165) is 26.1 Å². The first-order valence-electron chi connectivity index (χ1n) is 7.20. The Hall–Kier alpha value is -1.89. The Labute approximate surface area is 129 Å². The molecule has 0 aliphatic rings. The van der Waals surface area contributed by atoms with E-state index in [1.54, 1.807) is 11.3 Å². The molecule has 0 saturated heterocycles. The molecule has 0 atom stereocenters. The van der Waals surface area contributed by atoms with Crippen molar-refractivity contribution >= 4 is 29.2 Å². The molecule has 0 amide bonds. The molecule has 114 valence electrons. The lowest BCUT2D eigenvalue weighted by Gasteiger charge is -2.19. The Kier molecular flexibility index (Phi) is 5.74. The standard InChI is InChI=1S/C14H22N6S/c1-4-20(5-2)14-18-12(15-3)17-13(19-14)16-8-6-11-7-9-21-10-11/h7,9-10H,4-6,8H2,1-3H3,(H2,15,16,17,18,19). The van der Waals surface area contributed by atoms with Crippen LogP contribution in [0.3, 0.4) is 0 Å². The minimum atomic E-state index is 0.588. The lowest BCUT2D eigenvalue weighted by atomic mass is 10.2. The van der Waals surface area contributed by atoms with Gasteiger partial charge in [-0.15, -0.1) is 0 Å². The first kappa shape index (κ1) is 15.5. The smallest absolute Gasteiger partial charge is 0.231 e. The van der Waals surface area contributed by atoms with Crippen molar-refractivity contribution in [1.82, 2.24) is 15.0 Å². The summed E-state index contributed by atoms with van der Waals surface area (Å²) >= 11 is 1.72. The molecule has 2 aromatic heterocycles. The van der Waals surface area contributed by atoms with Gasteiger partial charge in [0.1, 0.15) is 0 Å². The minimum Gasteiger partial charge on any atom is -0.357 e. The number of anilines is 3. The summed E-state index contributed by atoms with van der Waals surface area (Å²) in [7, 11) is 1.82. The highest BCUT2D eigenvalue weighted by atomic mass is 32.1. The zero-order valence-electron chi connectivity index (χ0n) is 12.8. The number of nitrogens with one attached hydrogen (secondary N) is 2. The van der Waals surface area contributed by atoms with Gasteiger partial charge in [0.25, 0.3) is 0 Å². The molecule has 0 radical (unpaired) electrons. The average molecular weight is 306 g/mol. The molecule has 2 rings (SSSR count). The van der Waals surface area contributed by atoms with Crippen LogP contribution >= 0.6 is 11.3 Å². The highest BCUT2D eigenvalue weighted by Gasteiger charge is 2.10. The molecule has 0 aliphatic heterocycles. The van der Waals surface area contributed by atoms with Crippen molar-refractivity contribution in [3.05, 3.63) is 22.4 Å². The van der Waals surface area contributed by atoms with Crippen molar-refractivity contribution in [2.45, 2.75) is 20.3 Å². The average Bonchev–Trinajstić information content (AvgIpc) is 3.01. The third kappa shape index (κ3) is 4.29. The van der Waals surface area contributed by atoms with Crippen molar-refractivity contribution in [1.29, 1.82) is 0 Å². The fourth-order valence-electron chi connectivity index (χ4n) is 1.96. The van der Waals surface area contributed by atoms with Crippen LogP contribution in [0.4, 0.5) is 17.8 Å². The van der Waals surface area contributed by atoms with Gasteiger partial charge in [-0.3, -0.25) is 0 Å². The van der Waals surface area contributed by atoms with Crippen LogP contribution in [0.5, 0.6) is 0 Å². The number of aromatic nitrogens is 3. The van der Waals surface area contributed by atoms with Gasteiger partial charge in [-0.1, -0.05) is 0 Å². The molecule has 2 N–H and O–H groups in total. The molecular weight excluding hydrogens is 284 g/mol. The second kappa shape index (κ2) is 7.78. The number of thiophene rings is 1. The largest absolute Gasteiger partial charge is 0.357 e. The molecular formula is C14H22N6S. The van der Waals surface area contributed by atoms with Crippen LogP contribution < -0.4 is 15.5 Å². The fraction of sp³-hybridized carbons (Fsp3) is 0.500. The summed E-state index contributed by atoms with van der Waals surface area (Å²) in [4.78, 5) is 15.4. The van der Waals surface area contributed by atoms with E-state index in [1.807, 2.05) is 7.05 Å². The summed E-state index contributed by atoms with van der Waals surface area (Å²) in [6, 6.07) is 2.14. The molecule has 0 aliphatic carbocycles. The minimum absolute atomic E-state index is 0.588. The second-order valence-electron chi connectivity index (χ2n) is 4.51. The number of rotatable bonds is 8. The third-order valence-electron chi connectivity index (χ3n) is 3.17. The van der Waals surface area contributed by atoms with Crippen LogP contribution in [0.1, 0.15) is 19.4 Å². The van der Waals surface area contributed by atoms with Gasteiger partial charge < -0.3 is 15.5 Å². The highest BCUT2D eigenvalue weighted by molar-refractivity contribution is 7.07. The van der Waals surface area contributed by atoms with E-state index in [-0.39, 0.29) is 0 Å². The van der Waals surface area contributed by atoms with E-state index in [0.29, 0.717) is 17.8 Å². The maximum absolute atomic E-state index is 4.50. The van der Waals surface area contributed by atoms with Gasteiger partial charge in [-0.05, 0) is 42.7 Å². The Balaban J connectivity index is 2.05. The molecule has 7 heteroatoms. The van der Waals surface area contributed by atoms with Crippen LogP contribution in [0.2, 0.25) is 0 Å². The van der Waals surface area contributed by atoms with Gasteiger partial charge in [-0.2, -0.15) is 26.3 Å². The van der Waals surface area contributed by atoms with Crippen molar-refractivity contribution < 1.29 is 0 Å². The van der Waals surface area contributed by atoms with E-state index in [4.69, 9.17) is 0 Å². The quantitative estimate of drug-likeness (QED) is 0.781. The monoisotopic (exact) mass is 306 g/mol. The number of nitrogens with zero attached hydrogens (tertiary/aromatic N) is 4. The predicted molar refractivity (Wildman–Crippen MR) is 89.4 cm³/mol. The van der Waals surface area contributed by atoms with E-state index in [2.05, 4.69) is 61.2 Å². The van der Waals surface area contributed by atoms with Gasteiger partial charge in [-0.25, -0.2) is 0 Å². The molecule has 0 fully saturated rings. The van der Waals surface area contributed by atoms with Gasteiger partial charge in [0.15, 0.2) is 0 Å². The maximum atomic E-state index is 4.50. The van der Waals surface area contributed by atoms with E-state index in [1.165, 1.54) is 5.56 Å². The Morgan fingerprint density at radius 2 is 1.90 bits per heavy atom. The highest BCUT2D eigenvalue weighted by Crippen LogP contribution is 2.13. The first-order valence-corrected chi connectivity index (χ1v) is 8.14. The molecule has 0 saturated carbocycles. The number of hydrogen-bond donors (Lipinski definition) is 2. The summed E-state index contributed by atoms with van der Waals surface area (Å²) in [6.07, 6.45) is 0.963. The first-order chi connectivity index (χ1) is 10.3. The van der Waals surface area contributed by atoms with E-state index in [9.17, 15) is 0 Å². The van der Waals surface area contributed by atoms with Crippen LogP contribution in [0.25, 0.3) is 0 Å². The summed E-state index contributed by atoms with van der Waals surface area (Å²) in [5.41, 5.74) is 1.33. The summed E-state index contributed by atoms with van der Waals surface area (Å²) in [5.74, 6) is 1.91. The molecule has 2 aromatic rings. The summed E-state index contributed by atoms with van der Waals surface area (Å²) in [5, 5.41) is 10.5. The number of hydrogen-bond acceptors (Lipinski definition) is 7. The van der Waals surface area contributed by atoms with Crippen molar-refractivity contribution in [3.8, 4) is 0 Å². The second-order valence-corrected chi connectivity index (χ2v) is 5.29. The Bertz CT molecular complexity index is 538. The van der Waals surface area contributed by atoms with Crippen LogP contribution in [0, 0.1) is 0 Å². The van der Waals surface area contributed by atoms with Gasteiger partial charge in [0.05, 0.1) is 0 Å². The lowest BCUT2D eigenvalue weighted by Crippen LogP contribution is -2.25. The molecule has 0 bridgehead atoms. The van der Waals surface area contributed by atoms with Crippen LogP contribution in [-0.4, -0.2) is 41.6 Å². The normalized spacial score (nSPS) is 10.4. The molecule has 21 heavy (non-hydrogen) atoms. The molecule has 2 heterocycles. The van der Waals surface area contributed by atoms with Crippen molar-refractivity contribution in [2.24, 2.45) is 0 Å². The Morgan fingerprint density at radius 3 is 2.52 bits per heavy atom. The lowest BCUT2D eigenvalue weighted by molar-refractivity contribution is 0.812. The third-order valence-corrected chi connectivity index (χ3v) is 3.90. The van der Waals surface area contributed by atoms with Crippen LogP contribution in [0.15, 0.2) is 16.8 Å². The van der Waals surface area contributed by atoms with Gasteiger partial charge in [0.2, 0.25) is 17.8 Å². The van der Waals surface area contributed by atoms with Gasteiger partial charge >= 0.3 is 0 Å². The van der Waals surface area contributed by atoms with Gasteiger partial charge in [0, 0.05) is 26.7 Å². The Morgan fingerprint density at radius 1 is 1.14 bits per heavy atom. The maximum Gasteiger partial charge on any atom is 0.231 e. The van der Waals surface area contributed by atoms with E-state index >= 15 is 0 Å². The SMILES string of the molecule is CCN(CC)c1nc(NC)nc(NCCc2ccsc2)n1. The van der Waals surface area contributed by atoms with Crippen molar-refractivity contribution in [2.75, 3.05) is 42.2 Å². The summed E-state index contributed by atoms with van der Waals surface area (Å²) in [6.45, 7) is 6.74. The molecule has 0 aromatic carbocycles.